The summed E-state index contributed by atoms with van der Waals surface area (Å²) in [5, 5.41) is 14.9. The van der Waals surface area contributed by atoms with Crippen molar-refractivity contribution in [1.29, 1.82) is 0 Å². The molecule has 0 atom stereocenters. The molecule has 8 nitrogen and oxygen atoms in total. The summed E-state index contributed by atoms with van der Waals surface area (Å²) in [4.78, 5) is 37.9. The van der Waals surface area contributed by atoms with Crippen LogP contribution in [0.15, 0.2) is 29.5 Å². The van der Waals surface area contributed by atoms with Gasteiger partial charge in [-0.3, -0.25) is 9.59 Å². The van der Waals surface area contributed by atoms with E-state index in [1.54, 1.807) is 6.07 Å². The number of β-amino-alcohol motifs (C(OH)–C–C–N with tert-alkyl or cyclic N) is 1. The Kier molecular flexibility index (Phi) is 6.81. The summed E-state index contributed by atoms with van der Waals surface area (Å²) in [6, 6.07) is 4.59. The fourth-order valence-corrected chi connectivity index (χ4v) is 2.88. The van der Waals surface area contributed by atoms with E-state index in [4.69, 9.17) is 21.4 Å². The molecular formula is C18H22ClN3O5. The Morgan fingerprint density at radius 3 is 2.63 bits per heavy atom. The number of nitrogens with zero attached hydrogens (tertiary/aromatic N) is 1. The van der Waals surface area contributed by atoms with Gasteiger partial charge in [0.05, 0.1) is 36.4 Å². The van der Waals surface area contributed by atoms with Gasteiger partial charge in [0.1, 0.15) is 5.70 Å². The normalized spacial score (nSPS) is 14.0. The Labute approximate surface area is 162 Å². The molecular weight excluding hydrogens is 374 g/mol. The molecule has 0 fully saturated rings. The Bertz CT molecular complexity index is 791. The van der Waals surface area contributed by atoms with Gasteiger partial charge in [0.2, 0.25) is 0 Å². The molecule has 0 unspecified atom stereocenters. The highest BCUT2D eigenvalue weighted by Gasteiger charge is 2.34. The van der Waals surface area contributed by atoms with Gasteiger partial charge in [-0.1, -0.05) is 11.6 Å². The van der Waals surface area contributed by atoms with E-state index in [-0.39, 0.29) is 47.9 Å². The summed E-state index contributed by atoms with van der Waals surface area (Å²) in [5.74, 6) is -1.37. The second-order valence-corrected chi connectivity index (χ2v) is 6.65. The number of nitrogens with one attached hydrogen (secondary N) is 2. The van der Waals surface area contributed by atoms with Crippen LogP contribution in [-0.4, -0.2) is 60.6 Å². The summed E-state index contributed by atoms with van der Waals surface area (Å²) >= 11 is 6.20. The van der Waals surface area contributed by atoms with Crippen LogP contribution < -0.4 is 10.6 Å². The van der Waals surface area contributed by atoms with E-state index in [0.717, 1.165) is 0 Å². The molecule has 3 N–H and O–H groups in total. The van der Waals surface area contributed by atoms with Crippen LogP contribution in [0.4, 0.5) is 5.69 Å². The Balaban J connectivity index is 2.28. The minimum absolute atomic E-state index is 0.0345. The van der Waals surface area contributed by atoms with Crippen LogP contribution in [0.25, 0.3) is 0 Å². The number of hydrogen-bond acceptors (Lipinski definition) is 6. The van der Waals surface area contributed by atoms with E-state index >= 15 is 0 Å². The van der Waals surface area contributed by atoms with Gasteiger partial charge in [-0.15, -0.1) is 0 Å². The third-order valence-corrected chi connectivity index (χ3v) is 4.17. The molecule has 0 radical (unpaired) electrons. The first kappa shape index (κ1) is 20.7. The van der Waals surface area contributed by atoms with Crippen molar-refractivity contribution in [2.75, 3.05) is 32.1 Å². The quantitative estimate of drug-likeness (QED) is 0.598. The predicted molar refractivity (Wildman–Crippen MR) is 100 cm³/mol. The summed E-state index contributed by atoms with van der Waals surface area (Å²) in [6.07, 6.45) is 0. The van der Waals surface area contributed by atoms with Crippen molar-refractivity contribution in [3.63, 3.8) is 0 Å². The molecule has 0 spiro atoms. The zero-order valence-corrected chi connectivity index (χ0v) is 16.1. The maximum absolute atomic E-state index is 12.5. The second-order valence-electron chi connectivity index (χ2n) is 6.24. The molecule has 0 saturated carbocycles. The average Bonchev–Trinajstić information content (AvgIpc) is 2.90. The van der Waals surface area contributed by atoms with Gasteiger partial charge in [-0.2, -0.15) is 0 Å². The van der Waals surface area contributed by atoms with Crippen molar-refractivity contribution in [1.82, 2.24) is 10.2 Å². The number of hydrogen-bond donors (Lipinski definition) is 3. The lowest BCUT2D eigenvalue weighted by atomic mass is 10.1. The van der Waals surface area contributed by atoms with Gasteiger partial charge in [0.15, 0.2) is 0 Å². The number of rotatable bonds is 7. The van der Waals surface area contributed by atoms with Gasteiger partial charge in [-0.25, -0.2) is 4.79 Å². The lowest BCUT2D eigenvalue weighted by Crippen LogP contribution is -2.31. The van der Waals surface area contributed by atoms with Crippen molar-refractivity contribution >= 4 is 35.1 Å². The highest BCUT2D eigenvalue weighted by Crippen LogP contribution is 2.26. The highest BCUT2D eigenvalue weighted by molar-refractivity contribution is 6.34. The number of carbonyl (C=O) groups excluding carboxylic acids is 3. The summed E-state index contributed by atoms with van der Waals surface area (Å²) in [5.41, 5.74) is 0.967. The summed E-state index contributed by atoms with van der Waals surface area (Å²) < 4.78 is 4.73. The van der Waals surface area contributed by atoms with Crippen molar-refractivity contribution in [2.45, 2.75) is 19.9 Å². The maximum Gasteiger partial charge on any atom is 0.337 e. The number of anilines is 1. The molecule has 0 aliphatic carbocycles. The number of ether oxygens (including phenoxy) is 1. The molecule has 1 aliphatic heterocycles. The zero-order valence-electron chi connectivity index (χ0n) is 15.3. The van der Waals surface area contributed by atoms with Gasteiger partial charge < -0.3 is 25.4 Å². The SMILES string of the molecule is COC(=O)C1=C(Nc2ccc(C(=O)NC(C)C)c(Cl)c2)C(=O)N(CCO)C1. The minimum atomic E-state index is -0.634. The standard InChI is InChI=1S/C18H22ClN3O5/c1-10(2)20-16(24)12-5-4-11(8-14(12)19)21-15-13(18(26)27-3)9-22(6-7-23)17(15)25/h4-5,8,10,21,23H,6-7,9H2,1-3H3,(H,20,24). The fraction of sp³-hybridized carbons (Fsp3) is 0.389. The molecule has 1 aromatic carbocycles. The minimum Gasteiger partial charge on any atom is -0.466 e. The number of methoxy groups -OCH3 is 1. The number of carbonyl (C=O) groups is 3. The Hall–Kier alpha value is -2.58. The molecule has 27 heavy (non-hydrogen) atoms. The highest BCUT2D eigenvalue weighted by atomic mass is 35.5. The summed E-state index contributed by atoms with van der Waals surface area (Å²) in [7, 11) is 1.23. The van der Waals surface area contributed by atoms with E-state index in [1.165, 1.54) is 24.1 Å². The Morgan fingerprint density at radius 2 is 2.07 bits per heavy atom. The molecule has 0 aromatic heterocycles. The van der Waals surface area contributed by atoms with Crippen molar-refractivity contribution < 1.29 is 24.2 Å². The van der Waals surface area contributed by atoms with Gasteiger partial charge in [0, 0.05) is 18.3 Å². The smallest absolute Gasteiger partial charge is 0.337 e. The predicted octanol–water partition coefficient (Wildman–Crippen LogP) is 1.15. The van der Waals surface area contributed by atoms with E-state index in [1.807, 2.05) is 13.8 Å². The van der Waals surface area contributed by atoms with Crippen LogP contribution in [0.1, 0.15) is 24.2 Å². The molecule has 2 amide bonds. The number of aliphatic hydroxyl groups is 1. The fourth-order valence-electron chi connectivity index (χ4n) is 2.61. The molecule has 0 bridgehead atoms. The molecule has 1 aromatic rings. The van der Waals surface area contributed by atoms with Crippen LogP contribution in [-0.2, 0) is 14.3 Å². The second kappa shape index (κ2) is 8.88. The van der Waals surface area contributed by atoms with Crippen LogP contribution >= 0.6 is 11.6 Å². The zero-order chi connectivity index (χ0) is 20.1. The molecule has 9 heteroatoms. The lowest BCUT2D eigenvalue weighted by Gasteiger charge is -2.15. The number of benzene rings is 1. The van der Waals surface area contributed by atoms with Gasteiger partial charge >= 0.3 is 5.97 Å². The number of amides is 2. The van der Waals surface area contributed by atoms with Gasteiger partial charge in [-0.05, 0) is 32.0 Å². The number of esters is 1. The van der Waals surface area contributed by atoms with Crippen molar-refractivity contribution in [2.24, 2.45) is 0 Å². The van der Waals surface area contributed by atoms with E-state index < -0.39 is 11.9 Å². The van der Waals surface area contributed by atoms with E-state index in [0.29, 0.717) is 11.3 Å². The van der Waals surface area contributed by atoms with Gasteiger partial charge in [0.25, 0.3) is 11.8 Å². The van der Waals surface area contributed by atoms with Crippen molar-refractivity contribution in [3.8, 4) is 0 Å². The topological polar surface area (TPSA) is 108 Å². The molecule has 1 heterocycles. The third-order valence-electron chi connectivity index (χ3n) is 3.86. The Morgan fingerprint density at radius 1 is 1.37 bits per heavy atom. The average molecular weight is 396 g/mol. The molecule has 1 aliphatic rings. The monoisotopic (exact) mass is 395 g/mol. The van der Waals surface area contributed by atoms with Crippen LogP contribution in [0.2, 0.25) is 5.02 Å². The number of halogens is 1. The summed E-state index contributed by atoms with van der Waals surface area (Å²) in [6.45, 7) is 3.59. The lowest BCUT2D eigenvalue weighted by molar-refractivity contribution is -0.136. The van der Waals surface area contributed by atoms with Crippen LogP contribution in [0.5, 0.6) is 0 Å². The number of aliphatic hydroxyl groups excluding tert-OH is 1. The largest absolute Gasteiger partial charge is 0.466 e. The van der Waals surface area contributed by atoms with Crippen molar-refractivity contribution in [3.05, 3.63) is 40.1 Å². The van der Waals surface area contributed by atoms with Crippen LogP contribution in [0.3, 0.4) is 0 Å². The maximum atomic E-state index is 12.5. The molecule has 2 rings (SSSR count). The molecule has 146 valence electrons. The first-order valence-electron chi connectivity index (χ1n) is 8.37. The van der Waals surface area contributed by atoms with E-state index in [9.17, 15) is 14.4 Å². The first-order valence-corrected chi connectivity index (χ1v) is 8.75. The first-order chi connectivity index (χ1) is 12.8. The van der Waals surface area contributed by atoms with Crippen LogP contribution in [0, 0.1) is 0 Å². The molecule has 0 saturated heterocycles. The van der Waals surface area contributed by atoms with E-state index in [2.05, 4.69) is 10.6 Å². The third kappa shape index (κ3) is 4.78.